The molecule has 18 heteroatoms. The first-order chi connectivity index (χ1) is 19.7. The number of anilines is 1. The standard InChI is InChI=1S/C24H19F8N7O3/c25-22(26)42-10-13(36-17-9-35-38-20(40)18(17)24(30,31)32)2-1-7-39-11-34-19-14(21(39)41)4-6-16(37-19)15-5-3-12(8-33-15)23(27,28)29/h3-6,8-9,11,13,22H,1-2,7,10H2,(H2,36,38,40)/t13-/m1/s1. The zero-order chi connectivity index (χ0) is 30.7. The third kappa shape index (κ3) is 7.23. The van der Waals surface area contributed by atoms with Crippen molar-refractivity contribution in [2.24, 2.45) is 0 Å². The zero-order valence-corrected chi connectivity index (χ0v) is 21.0. The van der Waals surface area contributed by atoms with Crippen molar-refractivity contribution in [3.05, 3.63) is 74.8 Å². The average Bonchev–Trinajstić information content (AvgIpc) is 2.91. The molecule has 0 fully saturated rings. The van der Waals surface area contributed by atoms with E-state index in [0.717, 1.165) is 18.5 Å². The highest BCUT2D eigenvalue weighted by Crippen LogP contribution is 2.32. The van der Waals surface area contributed by atoms with Crippen molar-refractivity contribution in [3.8, 4) is 11.4 Å². The molecule has 42 heavy (non-hydrogen) atoms. The van der Waals surface area contributed by atoms with Gasteiger partial charge in [0.1, 0.15) is 5.56 Å². The highest BCUT2D eigenvalue weighted by Gasteiger charge is 2.38. The van der Waals surface area contributed by atoms with Gasteiger partial charge >= 0.3 is 19.0 Å². The smallest absolute Gasteiger partial charge is 0.378 e. The normalized spacial score (nSPS) is 13.1. The van der Waals surface area contributed by atoms with Crippen LogP contribution in [0.25, 0.3) is 22.4 Å². The Morgan fingerprint density at radius 1 is 0.952 bits per heavy atom. The van der Waals surface area contributed by atoms with Crippen LogP contribution in [0, 0.1) is 0 Å². The van der Waals surface area contributed by atoms with E-state index in [1.807, 2.05) is 0 Å². The number of alkyl halides is 8. The number of fused-ring (bicyclic) bond motifs is 1. The van der Waals surface area contributed by atoms with Gasteiger partial charge in [0.25, 0.3) is 11.1 Å². The van der Waals surface area contributed by atoms with Gasteiger partial charge in [0, 0.05) is 18.8 Å². The van der Waals surface area contributed by atoms with Gasteiger partial charge < -0.3 is 10.1 Å². The maximum absolute atomic E-state index is 13.4. The predicted octanol–water partition coefficient (Wildman–Crippen LogP) is 4.47. The first-order valence-electron chi connectivity index (χ1n) is 11.9. The number of aromatic amines is 1. The van der Waals surface area contributed by atoms with Gasteiger partial charge in [-0.15, -0.1) is 0 Å². The molecule has 224 valence electrons. The van der Waals surface area contributed by atoms with Crippen LogP contribution in [-0.2, 0) is 23.6 Å². The highest BCUT2D eigenvalue weighted by molar-refractivity contribution is 5.76. The third-order valence-corrected chi connectivity index (χ3v) is 5.91. The Balaban J connectivity index is 1.49. The maximum atomic E-state index is 13.4. The van der Waals surface area contributed by atoms with Gasteiger partial charge in [-0.3, -0.25) is 19.1 Å². The molecule has 10 nitrogen and oxygen atoms in total. The number of hydrogen-bond donors (Lipinski definition) is 2. The van der Waals surface area contributed by atoms with E-state index >= 15 is 0 Å². The van der Waals surface area contributed by atoms with Crippen LogP contribution >= 0.6 is 0 Å². The lowest BCUT2D eigenvalue weighted by Crippen LogP contribution is -2.32. The monoisotopic (exact) mass is 605 g/mol. The summed E-state index contributed by atoms with van der Waals surface area (Å²) in [4.78, 5) is 36.7. The van der Waals surface area contributed by atoms with Gasteiger partial charge in [-0.1, -0.05) is 0 Å². The summed E-state index contributed by atoms with van der Waals surface area (Å²) in [6, 6.07) is 3.57. The molecule has 4 rings (SSSR count). The highest BCUT2D eigenvalue weighted by atomic mass is 19.4. The van der Waals surface area contributed by atoms with E-state index in [1.54, 1.807) is 5.10 Å². The van der Waals surface area contributed by atoms with E-state index in [0.29, 0.717) is 12.4 Å². The molecule has 0 saturated carbocycles. The Morgan fingerprint density at radius 3 is 2.33 bits per heavy atom. The second kappa shape index (κ2) is 12.2. The van der Waals surface area contributed by atoms with Crippen molar-refractivity contribution in [2.45, 2.75) is 44.4 Å². The molecule has 0 aliphatic carbocycles. The summed E-state index contributed by atoms with van der Waals surface area (Å²) >= 11 is 0. The fourth-order valence-corrected chi connectivity index (χ4v) is 3.96. The Kier molecular flexibility index (Phi) is 8.83. The summed E-state index contributed by atoms with van der Waals surface area (Å²) in [6.45, 7) is -3.97. The maximum Gasteiger partial charge on any atom is 0.423 e. The molecule has 1 atom stereocenters. The van der Waals surface area contributed by atoms with Crippen LogP contribution in [-0.4, -0.2) is 49.0 Å². The second-order valence-electron chi connectivity index (χ2n) is 8.80. The summed E-state index contributed by atoms with van der Waals surface area (Å²) in [7, 11) is 0. The molecular formula is C24H19F8N7O3. The summed E-state index contributed by atoms with van der Waals surface area (Å²) in [5, 5.41) is 7.42. The molecule has 0 spiro atoms. The predicted molar refractivity (Wildman–Crippen MR) is 130 cm³/mol. The minimum Gasteiger partial charge on any atom is -0.378 e. The first-order valence-corrected chi connectivity index (χ1v) is 11.9. The molecule has 0 aromatic carbocycles. The number of aromatic nitrogens is 6. The second-order valence-corrected chi connectivity index (χ2v) is 8.80. The molecule has 0 bridgehead atoms. The molecule has 0 radical (unpaired) electrons. The van der Waals surface area contributed by atoms with Crippen LogP contribution in [0.5, 0.6) is 0 Å². The van der Waals surface area contributed by atoms with Crippen LogP contribution in [0.15, 0.2) is 52.6 Å². The molecule has 2 N–H and O–H groups in total. The quantitative estimate of drug-likeness (QED) is 0.254. The van der Waals surface area contributed by atoms with E-state index in [9.17, 15) is 44.7 Å². The van der Waals surface area contributed by atoms with Gasteiger partial charge in [0.2, 0.25) is 0 Å². The summed E-state index contributed by atoms with van der Waals surface area (Å²) in [5.74, 6) is 0. The molecule has 4 heterocycles. The molecule has 0 amide bonds. The SMILES string of the molecule is O=c1[nH]ncc(N[C@H](CCCn2cnc3nc(-c4ccc(C(F)(F)F)cn4)ccc3c2=O)COC(F)F)c1C(F)(F)F. The number of nitrogens with zero attached hydrogens (tertiary/aromatic N) is 5. The Bertz CT molecular complexity index is 1650. The van der Waals surface area contributed by atoms with Crippen molar-refractivity contribution in [1.29, 1.82) is 0 Å². The fraction of sp³-hybridized carbons (Fsp3) is 0.333. The average molecular weight is 605 g/mol. The van der Waals surface area contributed by atoms with Crippen LogP contribution in [0.2, 0.25) is 0 Å². The Hall–Kier alpha value is -4.48. The number of nitrogens with one attached hydrogen (secondary N) is 2. The lowest BCUT2D eigenvalue weighted by molar-refractivity contribution is -0.139. The molecule has 0 unspecified atom stereocenters. The molecule has 0 saturated heterocycles. The minimum absolute atomic E-state index is 0.0122. The van der Waals surface area contributed by atoms with Gasteiger partial charge in [0.05, 0.1) is 47.2 Å². The molecule has 0 aliphatic rings. The topological polar surface area (TPSA) is 128 Å². The van der Waals surface area contributed by atoms with Crippen molar-refractivity contribution >= 4 is 16.7 Å². The van der Waals surface area contributed by atoms with Gasteiger partial charge in [-0.05, 0) is 37.1 Å². The first kappa shape index (κ1) is 30.5. The van der Waals surface area contributed by atoms with Gasteiger partial charge in [-0.25, -0.2) is 15.1 Å². The number of halogens is 8. The van der Waals surface area contributed by atoms with Crippen LogP contribution in [0.4, 0.5) is 40.8 Å². The van der Waals surface area contributed by atoms with Crippen LogP contribution < -0.4 is 16.4 Å². The van der Waals surface area contributed by atoms with Crippen LogP contribution in [0.1, 0.15) is 24.0 Å². The van der Waals surface area contributed by atoms with E-state index in [2.05, 4.69) is 30.1 Å². The van der Waals surface area contributed by atoms with Crippen molar-refractivity contribution in [1.82, 2.24) is 29.7 Å². The summed E-state index contributed by atoms with van der Waals surface area (Å²) in [6.07, 6.45) is -7.13. The van der Waals surface area contributed by atoms with Gasteiger partial charge in [-0.2, -0.15) is 40.2 Å². The largest absolute Gasteiger partial charge is 0.423 e. The van der Waals surface area contributed by atoms with E-state index in [-0.39, 0.29) is 41.8 Å². The van der Waals surface area contributed by atoms with Crippen molar-refractivity contribution in [3.63, 3.8) is 0 Å². The number of rotatable bonds is 10. The summed E-state index contributed by atoms with van der Waals surface area (Å²) < 4.78 is 109. The fourth-order valence-electron chi connectivity index (χ4n) is 3.96. The zero-order valence-electron chi connectivity index (χ0n) is 21.0. The van der Waals surface area contributed by atoms with Crippen molar-refractivity contribution < 1.29 is 39.9 Å². The lowest BCUT2D eigenvalue weighted by Gasteiger charge is -2.22. The summed E-state index contributed by atoms with van der Waals surface area (Å²) in [5.41, 5.74) is -5.07. The molecule has 4 aromatic rings. The molecule has 4 aromatic heterocycles. The number of hydrogen-bond acceptors (Lipinski definition) is 8. The van der Waals surface area contributed by atoms with Gasteiger partial charge in [0.15, 0.2) is 5.65 Å². The van der Waals surface area contributed by atoms with E-state index in [4.69, 9.17) is 0 Å². The third-order valence-electron chi connectivity index (χ3n) is 5.91. The molecule has 0 aliphatic heterocycles. The number of aryl methyl sites for hydroxylation is 1. The van der Waals surface area contributed by atoms with Crippen molar-refractivity contribution in [2.75, 3.05) is 11.9 Å². The Labute approximate surface area is 229 Å². The number of pyridine rings is 2. The number of ether oxygens (including phenoxy) is 1. The lowest BCUT2D eigenvalue weighted by atomic mass is 10.1. The number of H-pyrrole nitrogens is 1. The van der Waals surface area contributed by atoms with E-state index < -0.39 is 59.5 Å². The van der Waals surface area contributed by atoms with E-state index in [1.165, 1.54) is 16.7 Å². The Morgan fingerprint density at radius 2 is 1.69 bits per heavy atom. The van der Waals surface area contributed by atoms with Crippen LogP contribution in [0.3, 0.4) is 0 Å². The minimum atomic E-state index is -5.06. The molecular weight excluding hydrogens is 586 g/mol.